The molecule has 20 heavy (non-hydrogen) atoms. The smallest absolute Gasteiger partial charge is 0.293 e. The molecule has 0 fully saturated rings. The lowest BCUT2D eigenvalue weighted by molar-refractivity contribution is 0.509. The molecule has 2 aromatic heterocycles. The summed E-state index contributed by atoms with van der Waals surface area (Å²) in [6.07, 6.45) is 6.26. The van der Waals surface area contributed by atoms with Gasteiger partial charge in [-0.05, 0) is 12.3 Å². The van der Waals surface area contributed by atoms with Crippen LogP contribution in [0, 0.1) is 5.92 Å². The van der Waals surface area contributed by atoms with Gasteiger partial charge in [0.2, 0.25) is 0 Å². The maximum absolute atomic E-state index is 12.2. The van der Waals surface area contributed by atoms with Gasteiger partial charge in [0.05, 0.1) is 6.54 Å². The molecule has 0 saturated carbocycles. The van der Waals surface area contributed by atoms with Gasteiger partial charge in [-0.25, -0.2) is 9.97 Å². The van der Waals surface area contributed by atoms with Crippen LogP contribution in [-0.2, 0) is 19.5 Å². The van der Waals surface area contributed by atoms with Crippen LogP contribution >= 0.6 is 11.3 Å². The molecule has 0 radical (unpaired) electrons. The monoisotopic (exact) mass is 292 g/mol. The van der Waals surface area contributed by atoms with E-state index < -0.39 is 0 Å². The predicted octanol–water partition coefficient (Wildman–Crippen LogP) is 2.53. The third-order valence-corrected chi connectivity index (χ3v) is 3.97. The first-order valence-electron chi connectivity index (χ1n) is 6.83. The molecule has 2 rings (SSSR count). The lowest BCUT2D eigenvalue weighted by Crippen LogP contribution is -2.25. The van der Waals surface area contributed by atoms with Gasteiger partial charge < -0.3 is 9.88 Å². The van der Waals surface area contributed by atoms with Crippen LogP contribution in [0.1, 0.15) is 30.7 Å². The normalized spacial score (nSPS) is 11.0. The Bertz CT molecular complexity index is 618. The zero-order chi connectivity index (χ0) is 14.5. The average Bonchev–Trinajstić information content (AvgIpc) is 2.87. The summed E-state index contributed by atoms with van der Waals surface area (Å²) in [5, 5.41) is 4.06. The summed E-state index contributed by atoms with van der Waals surface area (Å²) < 4.78 is 1.69. The van der Waals surface area contributed by atoms with E-state index in [-0.39, 0.29) is 5.56 Å². The molecule has 0 spiro atoms. The van der Waals surface area contributed by atoms with Crippen LogP contribution in [0.2, 0.25) is 0 Å². The van der Waals surface area contributed by atoms with E-state index in [2.05, 4.69) is 36.1 Å². The summed E-state index contributed by atoms with van der Waals surface area (Å²) in [5.41, 5.74) is -0.0755. The van der Waals surface area contributed by atoms with Crippen molar-refractivity contribution in [3.8, 4) is 0 Å². The van der Waals surface area contributed by atoms with Crippen molar-refractivity contribution in [2.45, 2.75) is 40.3 Å². The van der Waals surface area contributed by atoms with E-state index in [0.29, 0.717) is 24.8 Å². The summed E-state index contributed by atoms with van der Waals surface area (Å²) in [6, 6.07) is 0. The van der Waals surface area contributed by atoms with Crippen LogP contribution in [0.4, 0.5) is 5.82 Å². The van der Waals surface area contributed by atoms with Gasteiger partial charge in [-0.1, -0.05) is 20.8 Å². The molecular formula is C14H20N4OS. The summed E-state index contributed by atoms with van der Waals surface area (Å²) in [6.45, 7) is 7.52. The Balaban J connectivity index is 2.07. The summed E-state index contributed by atoms with van der Waals surface area (Å²) >= 11 is 1.66. The molecular weight excluding hydrogens is 272 g/mol. The molecule has 1 N–H and O–H groups in total. The number of thiazole rings is 1. The number of hydrogen-bond acceptors (Lipinski definition) is 5. The average molecular weight is 292 g/mol. The van der Waals surface area contributed by atoms with Crippen LogP contribution in [0.3, 0.4) is 0 Å². The fraction of sp³-hybridized carbons (Fsp3) is 0.500. The highest BCUT2D eigenvalue weighted by Gasteiger charge is 2.07. The Morgan fingerprint density at radius 1 is 1.40 bits per heavy atom. The fourth-order valence-corrected chi connectivity index (χ4v) is 2.66. The maximum Gasteiger partial charge on any atom is 0.293 e. The molecule has 0 atom stereocenters. The third kappa shape index (κ3) is 3.66. The lowest BCUT2D eigenvalue weighted by Gasteiger charge is -2.10. The first kappa shape index (κ1) is 14.7. The Hall–Kier alpha value is -1.69. The van der Waals surface area contributed by atoms with Gasteiger partial charge in [-0.15, -0.1) is 11.3 Å². The van der Waals surface area contributed by atoms with Crippen molar-refractivity contribution in [1.29, 1.82) is 0 Å². The highest BCUT2D eigenvalue weighted by atomic mass is 32.1. The molecule has 0 aromatic carbocycles. The third-order valence-electron chi connectivity index (χ3n) is 2.83. The quantitative estimate of drug-likeness (QED) is 0.889. The van der Waals surface area contributed by atoms with Gasteiger partial charge in [0, 0.05) is 30.0 Å². The summed E-state index contributed by atoms with van der Waals surface area (Å²) in [4.78, 5) is 21.9. The fourth-order valence-electron chi connectivity index (χ4n) is 1.86. The summed E-state index contributed by atoms with van der Waals surface area (Å²) in [7, 11) is 0. The molecule has 0 saturated heterocycles. The number of nitrogens with one attached hydrogen (secondary N) is 1. The van der Waals surface area contributed by atoms with Crippen molar-refractivity contribution < 1.29 is 0 Å². The molecule has 2 heterocycles. The van der Waals surface area contributed by atoms with Crippen LogP contribution < -0.4 is 10.9 Å². The van der Waals surface area contributed by atoms with Gasteiger partial charge in [0.25, 0.3) is 5.56 Å². The zero-order valence-electron chi connectivity index (χ0n) is 12.1. The second-order valence-electron chi connectivity index (χ2n) is 5.05. The molecule has 0 bridgehead atoms. The van der Waals surface area contributed by atoms with E-state index >= 15 is 0 Å². The van der Waals surface area contributed by atoms with E-state index in [4.69, 9.17) is 0 Å². The van der Waals surface area contributed by atoms with E-state index in [1.807, 2.05) is 6.20 Å². The molecule has 0 aliphatic heterocycles. The second kappa shape index (κ2) is 6.65. The van der Waals surface area contributed by atoms with Crippen molar-refractivity contribution in [3.63, 3.8) is 0 Å². The molecule has 108 valence electrons. The Labute approximate surface area is 122 Å². The van der Waals surface area contributed by atoms with Gasteiger partial charge in [0.15, 0.2) is 5.82 Å². The highest BCUT2D eigenvalue weighted by Crippen LogP contribution is 2.13. The standard InChI is InChI=1S/C14H20N4OS/c1-4-11-7-16-12(20-11)8-17-13-14(19)18(6-5-15-13)9-10(2)3/h5-7,10H,4,8-9H2,1-3H3,(H,15,17). The molecule has 2 aromatic rings. The zero-order valence-corrected chi connectivity index (χ0v) is 12.9. The van der Waals surface area contributed by atoms with Crippen molar-refractivity contribution in [3.05, 3.63) is 38.8 Å². The molecule has 0 aliphatic carbocycles. The summed E-state index contributed by atoms with van der Waals surface area (Å²) in [5.74, 6) is 0.815. The van der Waals surface area contributed by atoms with Crippen LogP contribution in [0.25, 0.3) is 0 Å². The van der Waals surface area contributed by atoms with Gasteiger partial charge in [-0.2, -0.15) is 0 Å². The second-order valence-corrected chi connectivity index (χ2v) is 6.25. The number of rotatable bonds is 6. The van der Waals surface area contributed by atoms with Crippen molar-refractivity contribution in [2.24, 2.45) is 5.92 Å². The van der Waals surface area contributed by atoms with Crippen LogP contribution in [0.5, 0.6) is 0 Å². The minimum Gasteiger partial charge on any atom is -0.359 e. The molecule has 5 nitrogen and oxygen atoms in total. The van der Waals surface area contributed by atoms with E-state index in [1.165, 1.54) is 4.88 Å². The number of anilines is 1. The van der Waals surface area contributed by atoms with Crippen molar-refractivity contribution in [1.82, 2.24) is 14.5 Å². The van der Waals surface area contributed by atoms with E-state index in [9.17, 15) is 4.79 Å². The van der Waals surface area contributed by atoms with Crippen LogP contribution in [0.15, 0.2) is 23.4 Å². The van der Waals surface area contributed by atoms with Crippen LogP contribution in [-0.4, -0.2) is 14.5 Å². The van der Waals surface area contributed by atoms with Gasteiger partial charge in [0.1, 0.15) is 5.01 Å². The minimum absolute atomic E-state index is 0.0755. The SMILES string of the molecule is CCc1cnc(CNc2nccn(CC(C)C)c2=O)s1. The molecule has 0 unspecified atom stereocenters. The minimum atomic E-state index is -0.0755. The maximum atomic E-state index is 12.2. The van der Waals surface area contributed by atoms with Gasteiger partial charge >= 0.3 is 0 Å². The first-order valence-corrected chi connectivity index (χ1v) is 7.64. The van der Waals surface area contributed by atoms with Crippen molar-refractivity contribution in [2.75, 3.05) is 5.32 Å². The largest absolute Gasteiger partial charge is 0.359 e. The van der Waals surface area contributed by atoms with Gasteiger partial charge in [-0.3, -0.25) is 4.79 Å². The number of nitrogens with zero attached hydrogens (tertiary/aromatic N) is 3. The number of hydrogen-bond donors (Lipinski definition) is 1. The van der Waals surface area contributed by atoms with E-state index in [0.717, 1.165) is 11.4 Å². The highest BCUT2D eigenvalue weighted by molar-refractivity contribution is 7.11. The van der Waals surface area contributed by atoms with E-state index in [1.54, 1.807) is 28.3 Å². The topological polar surface area (TPSA) is 59.8 Å². The Morgan fingerprint density at radius 2 is 2.20 bits per heavy atom. The lowest BCUT2D eigenvalue weighted by atomic mass is 10.2. The Kier molecular flexibility index (Phi) is 4.89. The molecule has 0 aliphatic rings. The molecule has 0 amide bonds. The number of aromatic nitrogens is 3. The van der Waals surface area contributed by atoms with Crippen molar-refractivity contribution >= 4 is 17.2 Å². The molecule has 6 heteroatoms. The Morgan fingerprint density at radius 3 is 2.85 bits per heavy atom. The first-order chi connectivity index (χ1) is 9.60. The number of aryl methyl sites for hydroxylation is 1. The predicted molar refractivity (Wildman–Crippen MR) is 82.2 cm³/mol.